The van der Waals surface area contributed by atoms with Crippen LogP contribution in [0.5, 0.6) is 23.4 Å². The number of hydrogen-bond acceptors (Lipinski definition) is 11. The first-order chi connectivity index (χ1) is 15.1. The van der Waals surface area contributed by atoms with Gasteiger partial charge in [0.1, 0.15) is 0 Å². The van der Waals surface area contributed by atoms with Gasteiger partial charge in [-0.1, -0.05) is 12.1 Å². The monoisotopic (exact) mass is 415 g/mol. The molecule has 11 heteroatoms. The Bertz CT molecular complexity index is 1260. The molecule has 5 N–H and O–H groups in total. The first-order valence-electron chi connectivity index (χ1n) is 9.32. The number of hydrogen-bond donors (Lipinski definition) is 3. The summed E-state index contributed by atoms with van der Waals surface area (Å²) in [6.45, 7) is 0. The van der Waals surface area contributed by atoms with Crippen molar-refractivity contribution in [2.45, 2.75) is 6.42 Å². The Labute approximate surface area is 176 Å². The van der Waals surface area contributed by atoms with Crippen LogP contribution in [0.25, 0.3) is 11.1 Å². The fraction of sp³-hybridized carbons (Fsp3) is 0.100. The van der Waals surface area contributed by atoms with Crippen molar-refractivity contribution in [2.75, 3.05) is 23.8 Å². The summed E-state index contributed by atoms with van der Waals surface area (Å²) in [5, 5.41) is 3.21. The van der Waals surface area contributed by atoms with Gasteiger partial charge in [0.25, 0.3) is 0 Å². The predicted octanol–water partition coefficient (Wildman–Crippen LogP) is 2.42. The van der Waals surface area contributed by atoms with Crippen LogP contribution in [-0.2, 0) is 6.42 Å². The van der Waals surface area contributed by atoms with Crippen LogP contribution >= 0.6 is 0 Å². The number of nitrogens with two attached hydrogens (primary N) is 2. The Kier molecular flexibility index (Phi) is 4.40. The Morgan fingerprint density at radius 3 is 2.16 bits per heavy atom. The van der Waals surface area contributed by atoms with Gasteiger partial charge in [0, 0.05) is 19.2 Å². The molecule has 1 aliphatic rings. The lowest BCUT2D eigenvalue weighted by atomic mass is 10.1. The Morgan fingerprint density at radius 1 is 0.871 bits per heavy atom. The molecular weight excluding hydrogens is 398 g/mol. The van der Waals surface area contributed by atoms with E-state index in [2.05, 4.69) is 35.2 Å². The van der Waals surface area contributed by atoms with Crippen LogP contribution in [0.15, 0.2) is 43.0 Å². The molecule has 0 bridgehead atoms. The fourth-order valence-electron chi connectivity index (χ4n) is 3.37. The number of aromatic nitrogens is 6. The van der Waals surface area contributed by atoms with Gasteiger partial charge in [-0.05, 0) is 17.2 Å². The van der Waals surface area contributed by atoms with Gasteiger partial charge in [0.2, 0.25) is 17.8 Å². The Hall–Kier alpha value is -4.54. The summed E-state index contributed by atoms with van der Waals surface area (Å²) >= 11 is 0. The van der Waals surface area contributed by atoms with E-state index >= 15 is 0 Å². The predicted molar refractivity (Wildman–Crippen MR) is 113 cm³/mol. The van der Waals surface area contributed by atoms with Gasteiger partial charge in [0.15, 0.2) is 11.5 Å². The number of ether oxygens (including phenoxy) is 2. The largest absolute Gasteiger partial charge is 0.435 e. The molecule has 3 heterocycles. The lowest BCUT2D eigenvalue weighted by Gasteiger charge is -2.12. The summed E-state index contributed by atoms with van der Waals surface area (Å²) in [5.74, 6) is 1.34. The van der Waals surface area contributed by atoms with E-state index in [1.165, 1.54) is 24.8 Å². The number of rotatable bonds is 5. The quantitative estimate of drug-likeness (QED) is 0.387. The van der Waals surface area contributed by atoms with Crippen molar-refractivity contribution < 1.29 is 9.47 Å². The third-order valence-corrected chi connectivity index (χ3v) is 4.71. The summed E-state index contributed by atoms with van der Waals surface area (Å²) in [5.41, 5.74) is 15.7. The molecule has 0 saturated carbocycles. The summed E-state index contributed by atoms with van der Waals surface area (Å²) in [6.07, 6.45) is 6.44. The highest BCUT2D eigenvalue weighted by Gasteiger charge is 2.29. The second kappa shape index (κ2) is 7.37. The molecule has 1 aliphatic carbocycles. The third kappa shape index (κ3) is 3.48. The van der Waals surface area contributed by atoms with Crippen LogP contribution in [0.4, 0.5) is 17.6 Å². The molecule has 0 fully saturated rings. The highest BCUT2D eigenvalue weighted by Crippen LogP contribution is 2.45. The van der Waals surface area contributed by atoms with E-state index in [4.69, 9.17) is 20.9 Å². The van der Waals surface area contributed by atoms with E-state index in [1.807, 2.05) is 25.2 Å². The van der Waals surface area contributed by atoms with Gasteiger partial charge in [-0.25, -0.2) is 19.9 Å². The summed E-state index contributed by atoms with van der Waals surface area (Å²) < 4.78 is 11.8. The zero-order valence-electron chi connectivity index (χ0n) is 16.4. The highest BCUT2D eigenvalue weighted by molar-refractivity contribution is 5.84. The van der Waals surface area contributed by atoms with Gasteiger partial charge >= 0.3 is 6.01 Å². The van der Waals surface area contributed by atoms with Crippen molar-refractivity contribution in [2.24, 2.45) is 0 Å². The van der Waals surface area contributed by atoms with Gasteiger partial charge in [-0.2, -0.15) is 9.97 Å². The molecule has 1 aromatic carbocycles. The maximum atomic E-state index is 6.02. The molecule has 0 unspecified atom stereocenters. The van der Waals surface area contributed by atoms with Crippen molar-refractivity contribution in [3.05, 3.63) is 54.2 Å². The van der Waals surface area contributed by atoms with Gasteiger partial charge in [-0.15, -0.1) is 0 Å². The fourth-order valence-corrected chi connectivity index (χ4v) is 3.37. The average Bonchev–Trinajstić information content (AvgIpc) is 3.16. The van der Waals surface area contributed by atoms with Crippen LogP contribution in [0.2, 0.25) is 0 Å². The standard InChI is InChI=1S/C20H17N9O2/c1-23-14-4-2-3-12-13(14)5-15-16(12)17(30-10-6-24-18(21)25-7-10)29-20(28-15)31-11-8-26-19(22)27-9-11/h2-4,6-9,23H,5H2,1H3,(H2,21,24,25)(H2,22,26,27). The van der Waals surface area contributed by atoms with Gasteiger partial charge in [0.05, 0.1) is 36.0 Å². The highest BCUT2D eigenvalue weighted by atomic mass is 16.5. The Morgan fingerprint density at radius 2 is 1.52 bits per heavy atom. The molecular formula is C20H17N9O2. The zero-order chi connectivity index (χ0) is 21.4. The smallest absolute Gasteiger partial charge is 0.325 e. The van der Waals surface area contributed by atoms with E-state index in [9.17, 15) is 0 Å². The minimum absolute atomic E-state index is 0.0947. The number of benzene rings is 1. The minimum Gasteiger partial charge on any atom is -0.435 e. The first-order valence-corrected chi connectivity index (χ1v) is 9.32. The van der Waals surface area contributed by atoms with E-state index in [-0.39, 0.29) is 17.9 Å². The SMILES string of the molecule is CNc1cccc2c1Cc1nc(Oc3cnc(N)nc3)nc(Oc3cnc(N)nc3)c1-2. The van der Waals surface area contributed by atoms with Crippen LogP contribution in [0.3, 0.4) is 0 Å². The number of nitrogen functional groups attached to an aromatic ring is 2. The van der Waals surface area contributed by atoms with Crippen LogP contribution in [0.1, 0.15) is 11.3 Å². The Balaban J connectivity index is 1.60. The van der Waals surface area contributed by atoms with Crippen LogP contribution < -0.4 is 26.3 Å². The lowest BCUT2D eigenvalue weighted by molar-refractivity contribution is 0.408. The van der Waals surface area contributed by atoms with Gasteiger partial charge < -0.3 is 26.3 Å². The molecule has 4 aromatic rings. The second-order valence-corrected chi connectivity index (χ2v) is 6.65. The van der Waals surface area contributed by atoms with Crippen molar-refractivity contribution in [3.8, 4) is 34.5 Å². The van der Waals surface area contributed by atoms with E-state index in [0.29, 0.717) is 23.8 Å². The number of nitrogens with one attached hydrogen (secondary N) is 1. The average molecular weight is 415 g/mol. The molecule has 5 rings (SSSR count). The summed E-state index contributed by atoms with van der Waals surface area (Å²) in [4.78, 5) is 24.9. The molecule has 154 valence electrons. The first kappa shape index (κ1) is 18.5. The van der Waals surface area contributed by atoms with E-state index < -0.39 is 0 Å². The third-order valence-electron chi connectivity index (χ3n) is 4.71. The molecule has 0 amide bonds. The van der Waals surface area contributed by atoms with E-state index in [0.717, 1.165) is 28.1 Å². The van der Waals surface area contributed by atoms with E-state index in [1.54, 1.807) is 0 Å². The topological polar surface area (TPSA) is 160 Å². The van der Waals surface area contributed by atoms with Crippen molar-refractivity contribution in [1.29, 1.82) is 0 Å². The minimum atomic E-state index is 0.0947. The molecule has 0 saturated heterocycles. The van der Waals surface area contributed by atoms with Crippen molar-refractivity contribution >= 4 is 17.6 Å². The maximum Gasteiger partial charge on any atom is 0.325 e. The number of anilines is 3. The summed E-state index contributed by atoms with van der Waals surface area (Å²) in [7, 11) is 1.88. The second-order valence-electron chi connectivity index (χ2n) is 6.65. The molecule has 0 radical (unpaired) electrons. The zero-order valence-corrected chi connectivity index (χ0v) is 16.4. The van der Waals surface area contributed by atoms with Gasteiger partial charge in [-0.3, -0.25) is 0 Å². The number of fused-ring (bicyclic) bond motifs is 3. The molecule has 31 heavy (non-hydrogen) atoms. The molecule has 3 aromatic heterocycles. The number of nitrogens with zero attached hydrogens (tertiary/aromatic N) is 6. The van der Waals surface area contributed by atoms with Crippen LogP contribution in [-0.4, -0.2) is 37.0 Å². The van der Waals surface area contributed by atoms with Crippen LogP contribution in [0, 0.1) is 0 Å². The van der Waals surface area contributed by atoms with Crippen molar-refractivity contribution in [3.63, 3.8) is 0 Å². The normalized spacial score (nSPS) is 11.5. The van der Waals surface area contributed by atoms with Crippen molar-refractivity contribution in [1.82, 2.24) is 29.9 Å². The molecule has 0 spiro atoms. The lowest BCUT2D eigenvalue weighted by Crippen LogP contribution is -2.02. The molecule has 0 aliphatic heterocycles. The molecule has 0 atom stereocenters. The molecule has 11 nitrogen and oxygen atoms in total. The maximum absolute atomic E-state index is 6.02. The summed E-state index contributed by atoms with van der Waals surface area (Å²) in [6, 6.07) is 6.07.